The quantitative estimate of drug-likeness (QED) is 0.730. The first-order valence-electron chi connectivity index (χ1n) is 5.01. The van der Waals surface area contributed by atoms with E-state index >= 15 is 0 Å². The van der Waals surface area contributed by atoms with E-state index in [1.54, 1.807) is 30.6 Å². The summed E-state index contributed by atoms with van der Waals surface area (Å²) in [5.41, 5.74) is 5.29. The van der Waals surface area contributed by atoms with Gasteiger partial charge in [-0.25, -0.2) is 0 Å². The maximum atomic E-state index is 11.6. The normalized spacial score (nSPS) is 9.83. The van der Waals surface area contributed by atoms with Crippen LogP contribution in [-0.2, 0) is 0 Å². The van der Waals surface area contributed by atoms with Crippen LogP contribution >= 0.6 is 15.9 Å². The van der Waals surface area contributed by atoms with Gasteiger partial charge in [0.15, 0.2) is 0 Å². The second kappa shape index (κ2) is 5.46. The fourth-order valence-electron chi connectivity index (χ4n) is 1.25. The number of hydrogen-bond donors (Lipinski definition) is 3. The smallest absolute Gasteiger partial charge is 0.286 e. The van der Waals surface area contributed by atoms with Crippen molar-refractivity contribution in [3.63, 3.8) is 0 Å². The summed E-state index contributed by atoms with van der Waals surface area (Å²) in [7, 11) is 0. The van der Waals surface area contributed by atoms with Gasteiger partial charge in [0.1, 0.15) is 5.69 Å². The average molecular weight is 309 g/mol. The molecular weight excluding hydrogens is 300 g/mol. The lowest BCUT2D eigenvalue weighted by atomic mass is 10.3. The number of rotatable bonds is 2. The van der Waals surface area contributed by atoms with E-state index in [1.807, 2.05) is 0 Å². The molecule has 92 valence electrons. The summed E-state index contributed by atoms with van der Waals surface area (Å²) in [5.74, 6) is -0.861. The molecule has 0 bridgehead atoms. The van der Waals surface area contributed by atoms with E-state index in [0.29, 0.717) is 11.3 Å². The molecule has 0 fully saturated rings. The van der Waals surface area contributed by atoms with Crippen LogP contribution in [0.4, 0.5) is 0 Å². The molecule has 0 unspecified atom stereocenters. The van der Waals surface area contributed by atoms with Crippen LogP contribution in [0.1, 0.15) is 20.8 Å². The summed E-state index contributed by atoms with van der Waals surface area (Å²) in [5, 5.41) is 0. The maximum absolute atomic E-state index is 11.6. The number of halogens is 1. The largest absolute Gasteiger partial charge is 0.356 e. The topological polar surface area (TPSA) is 86.9 Å². The van der Waals surface area contributed by atoms with E-state index in [4.69, 9.17) is 0 Å². The SMILES string of the molecule is O=C(NNC(=O)c1cc(Br)c[nH]1)c1cccnc1. The molecule has 2 aromatic rings. The highest BCUT2D eigenvalue weighted by Crippen LogP contribution is 2.09. The van der Waals surface area contributed by atoms with Crippen molar-refractivity contribution in [3.05, 3.63) is 52.5 Å². The number of carbonyl (C=O) groups excluding carboxylic acids is 2. The van der Waals surface area contributed by atoms with Gasteiger partial charge in [0, 0.05) is 23.1 Å². The van der Waals surface area contributed by atoms with Gasteiger partial charge in [-0.1, -0.05) is 0 Å². The van der Waals surface area contributed by atoms with E-state index in [2.05, 4.69) is 36.7 Å². The van der Waals surface area contributed by atoms with Crippen LogP contribution in [0.2, 0.25) is 0 Å². The van der Waals surface area contributed by atoms with Gasteiger partial charge < -0.3 is 4.98 Å². The number of nitrogens with zero attached hydrogens (tertiary/aromatic N) is 1. The Bertz CT molecular complexity index is 567. The van der Waals surface area contributed by atoms with Crippen molar-refractivity contribution in [1.82, 2.24) is 20.8 Å². The van der Waals surface area contributed by atoms with Crippen molar-refractivity contribution in [2.75, 3.05) is 0 Å². The fourth-order valence-corrected chi connectivity index (χ4v) is 1.59. The summed E-state index contributed by atoms with van der Waals surface area (Å²) in [6, 6.07) is 4.84. The van der Waals surface area contributed by atoms with Crippen molar-refractivity contribution in [2.24, 2.45) is 0 Å². The molecule has 0 aromatic carbocycles. The van der Waals surface area contributed by atoms with Gasteiger partial charge in [-0.15, -0.1) is 0 Å². The molecule has 0 aliphatic carbocycles. The third-order valence-corrected chi connectivity index (χ3v) is 2.56. The molecule has 0 saturated heterocycles. The van der Waals surface area contributed by atoms with Crippen LogP contribution in [0.25, 0.3) is 0 Å². The number of hydrogen-bond acceptors (Lipinski definition) is 3. The Morgan fingerprint density at radius 3 is 2.67 bits per heavy atom. The number of hydrazine groups is 1. The maximum Gasteiger partial charge on any atom is 0.286 e. The molecule has 7 heteroatoms. The Kier molecular flexibility index (Phi) is 3.73. The summed E-state index contributed by atoms with van der Waals surface area (Å²) < 4.78 is 0.756. The molecule has 0 spiro atoms. The molecule has 0 saturated carbocycles. The monoisotopic (exact) mass is 308 g/mol. The van der Waals surface area contributed by atoms with Gasteiger partial charge >= 0.3 is 0 Å². The zero-order valence-electron chi connectivity index (χ0n) is 9.11. The first kappa shape index (κ1) is 12.3. The van der Waals surface area contributed by atoms with Gasteiger partial charge in [-0.3, -0.25) is 25.4 Å². The predicted molar refractivity (Wildman–Crippen MR) is 67.7 cm³/mol. The molecule has 2 amide bonds. The van der Waals surface area contributed by atoms with Crippen LogP contribution in [-0.4, -0.2) is 21.8 Å². The first-order valence-corrected chi connectivity index (χ1v) is 5.81. The molecule has 6 nitrogen and oxygen atoms in total. The van der Waals surface area contributed by atoms with Crippen LogP contribution in [0, 0.1) is 0 Å². The molecule has 0 atom stereocenters. The van der Waals surface area contributed by atoms with Crippen molar-refractivity contribution < 1.29 is 9.59 Å². The number of nitrogens with one attached hydrogen (secondary N) is 3. The van der Waals surface area contributed by atoms with Crippen LogP contribution in [0.15, 0.2) is 41.3 Å². The van der Waals surface area contributed by atoms with Gasteiger partial charge in [0.25, 0.3) is 11.8 Å². The zero-order chi connectivity index (χ0) is 13.0. The molecule has 2 rings (SSSR count). The minimum absolute atomic E-state index is 0.341. The van der Waals surface area contributed by atoms with Gasteiger partial charge in [-0.05, 0) is 34.1 Å². The number of carbonyl (C=O) groups is 2. The highest BCUT2D eigenvalue weighted by Gasteiger charge is 2.10. The first-order chi connectivity index (χ1) is 8.66. The number of H-pyrrole nitrogens is 1. The van der Waals surface area contributed by atoms with Crippen LogP contribution in [0.3, 0.4) is 0 Å². The average Bonchev–Trinajstić information content (AvgIpc) is 2.83. The standard InChI is InChI=1S/C11H9BrN4O2/c12-8-4-9(14-6-8)11(18)16-15-10(17)7-2-1-3-13-5-7/h1-6,14H,(H,15,17)(H,16,18). The van der Waals surface area contributed by atoms with Crippen molar-refractivity contribution in [1.29, 1.82) is 0 Å². The molecule has 0 aliphatic heterocycles. The lowest BCUT2D eigenvalue weighted by Gasteiger charge is -2.05. The molecule has 0 radical (unpaired) electrons. The highest BCUT2D eigenvalue weighted by atomic mass is 79.9. The molecule has 2 aromatic heterocycles. The van der Waals surface area contributed by atoms with Crippen molar-refractivity contribution in [3.8, 4) is 0 Å². The van der Waals surface area contributed by atoms with Crippen LogP contribution in [0.5, 0.6) is 0 Å². The van der Waals surface area contributed by atoms with Crippen molar-refractivity contribution >= 4 is 27.7 Å². The highest BCUT2D eigenvalue weighted by molar-refractivity contribution is 9.10. The molecular formula is C11H9BrN4O2. The Morgan fingerprint density at radius 2 is 2.06 bits per heavy atom. The number of aromatic nitrogens is 2. The lowest BCUT2D eigenvalue weighted by molar-refractivity contribution is 0.0844. The fraction of sp³-hybridized carbons (Fsp3) is 0. The summed E-state index contributed by atoms with van der Waals surface area (Å²) >= 11 is 3.21. The second-order valence-corrected chi connectivity index (χ2v) is 4.30. The molecule has 3 N–H and O–H groups in total. The second-order valence-electron chi connectivity index (χ2n) is 3.38. The molecule has 18 heavy (non-hydrogen) atoms. The number of aromatic amines is 1. The van der Waals surface area contributed by atoms with Crippen LogP contribution < -0.4 is 10.9 Å². The number of amides is 2. The van der Waals surface area contributed by atoms with E-state index < -0.39 is 11.8 Å². The Morgan fingerprint density at radius 1 is 1.28 bits per heavy atom. The minimum atomic E-state index is -0.432. The van der Waals surface area contributed by atoms with E-state index in [1.165, 1.54) is 6.20 Å². The Balaban J connectivity index is 1.92. The summed E-state index contributed by atoms with van der Waals surface area (Å²) in [6.45, 7) is 0. The third-order valence-electron chi connectivity index (χ3n) is 2.11. The minimum Gasteiger partial charge on any atom is -0.356 e. The Hall–Kier alpha value is -2.15. The van der Waals surface area contributed by atoms with E-state index in [9.17, 15) is 9.59 Å². The zero-order valence-corrected chi connectivity index (χ0v) is 10.7. The lowest BCUT2D eigenvalue weighted by Crippen LogP contribution is -2.41. The predicted octanol–water partition coefficient (Wildman–Crippen LogP) is 1.25. The Labute approximate surface area is 111 Å². The van der Waals surface area contributed by atoms with E-state index in [0.717, 1.165) is 4.47 Å². The van der Waals surface area contributed by atoms with Gasteiger partial charge in [0.05, 0.1) is 5.56 Å². The third kappa shape index (κ3) is 2.95. The summed E-state index contributed by atoms with van der Waals surface area (Å²) in [6.07, 6.45) is 4.59. The number of pyridine rings is 1. The summed E-state index contributed by atoms with van der Waals surface area (Å²) in [4.78, 5) is 29.8. The van der Waals surface area contributed by atoms with Gasteiger partial charge in [-0.2, -0.15) is 0 Å². The van der Waals surface area contributed by atoms with Gasteiger partial charge in [0.2, 0.25) is 0 Å². The van der Waals surface area contributed by atoms with Crippen molar-refractivity contribution in [2.45, 2.75) is 0 Å². The van der Waals surface area contributed by atoms with E-state index in [-0.39, 0.29) is 0 Å². The molecule has 0 aliphatic rings. The molecule has 2 heterocycles.